The summed E-state index contributed by atoms with van der Waals surface area (Å²) in [6.07, 6.45) is 1.73. The molecule has 0 aromatic heterocycles. The van der Waals surface area contributed by atoms with E-state index in [9.17, 15) is 9.59 Å². The molecule has 3 aromatic rings. The molecule has 3 rings (SSSR count). The normalized spacial score (nSPS) is 10.1. The quantitative estimate of drug-likeness (QED) is 0.609. The van der Waals surface area contributed by atoms with Crippen LogP contribution in [0, 0.1) is 0 Å². The van der Waals surface area contributed by atoms with Crippen molar-refractivity contribution in [2.24, 2.45) is 0 Å². The molecular weight excluding hydrogens is 312 g/mol. The van der Waals surface area contributed by atoms with E-state index in [4.69, 9.17) is 4.74 Å². The third-order valence-electron chi connectivity index (χ3n) is 4.00. The number of hydrogen-bond donors (Lipinski definition) is 0. The summed E-state index contributed by atoms with van der Waals surface area (Å²) in [5.74, 6) is 1.34. The summed E-state index contributed by atoms with van der Waals surface area (Å²) in [7, 11) is 1.63. The smallest absolute Gasteiger partial charge is 0.150 e. The summed E-state index contributed by atoms with van der Waals surface area (Å²) in [4.78, 5) is 21.1. The highest BCUT2D eigenvalue weighted by atomic mass is 16.5. The predicted octanol–water partition coefficient (Wildman–Crippen LogP) is 5.28. The van der Waals surface area contributed by atoms with E-state index < -0.39 is 0 Å². The molecule has 128 valence electrons. The Labute approximate surface area is 148 Å². The molecule has 3 heteroatoms. The molecule has 0 saturated carbocycles. The van der Waals surface area contributed by atoms with Crippen molar-refractivity contribution in [1.82, 2.24) is 0 Å². The van der Waals surface area contributed by atoms with Gasteiger partial charge in [0.05, 0.1) is 7.11 Å². The van der Waals surface area contributed by atoms with Gasteiger partial charge in [-0.15, -0.1) is 0 Å². The number of carbonyl (C=O) groups excluding carboxylic acids is 2. The van der Waals surface area contributed by atoms with E-state index in [1.54, 1.807) is 13.2 Å². The van der Waals surface area contributed by atoms with Gasteiger partial charge in [-0.1, -0.05) is 62.4 Å². The number of rotatable bonds is 4. The first-order chi connectivity index (χ1) is 12.1. The van der Waals surface area contributed by atoms with E-state index in [0.717, 1.165) is 34.7 Å². The monoisotopic (exact) mass is 334 g/mol. The molecule has 25 heavy (non-hydrogen) atoms. The molecule has 0 radical (unpaired) electrons. The van der Waals surface area contributed by atoms with E-state index in [1.807, 2.05) is 54.6 Å². The summed E-state index contributed by atoms with van der Waals surface area (Å²) in [6, 6.07) is 19.0. The van der Waals surface area contributed by atoms with Gasteiger partial charge in [-0.2, -0.15) is 0 Å². The van der Waals surface area contributed by atoms with Gasteiger partial charge in [0.2, 0.25) is 0 Å². The minimum Gasteiger partial charge on any atom is -0.496 e. The van der Waals surface area contributed by atoms with E-state index in [-0.39, 0.29) is 0 Å². The van der Waals surface area contributed by atoms with E-state index in [1.165, 1.54) is 5.56 Å². The number of carbonyl (C=O) groups is 2. The molecule has 3 aromatic carbocycles. The zero-order chi connectivity index (χ0) is 18.2. The van der Waals surface area contributed by atoms with Gasteiger partial charge in [0, 0.05) is 16.5 Å². The molecule has 0 aliphatic carbocycles. The van der Waals surface area contributed by atoms with Gasteiger partial charge in [-0.05, 0) is 29.0 Å². The number of ether oxygens (including phenoxy) is 1. The number of benzene rings is 3. The lowest BCUT2D eigenvalue weighted by atomic mass is 10.0. The SMILES string of the molecule is CC(C)c1ccc(C=O)cc1.COc1ccc(C=O)c2ccccc12. The molecule has 0 heterocycles. The van der Waals surface area contributed by atoms with Crippen LogP contribution in [-0.4, -0.2) is 19.7 Å². The fourth-order valence-corrected chi connectivity index (χ4v) is 2.53. The molecule has 0 saturated heterocycles. The van der Waals surface area contributed by atoms with Crippen LogP contribution in [0.1, 0.15) is 46.0 Å². The zero-order valence-corrected chi connectivity index (χ0v) is 14.7. The summed E-state index contributed by atoms with van der Waals surface area (Å²) < 4.78 is 5.21. The fraction of sp³-hybridized carbons (Fsp3) is 0.182. The Hall–Kier alpha value is -2.94. The molecule has 0 aliphatic rings. The maximum Gasteiger partial charge on any atom is 0.150 e. The first-order valence-corrected chi connectivity index (χ1v) is 8.16. The Morgan fingerprint density at radius 1 is 0.800 bits per heavy atom. The Balaban J connectivity index is 0.000000186. The second-order valence-electron chi connectivity index (χ2n) is 5.96. The molecule has 0 aliphatic heterocycles. The molecule has 0 N–H and O–H groups in total. The van der Waals surface area contributed by atoms with Gasteiger partial charge in [0.15, 0.2) is 6.29 Å². The van der Waals surface area contributed by atoms with Crippen LogP contribution in [-0.2, 0) is 0 Å². The van der Waals surface area contributed by atoms with Crippen LogP contribution in [0.5, 0.6) is 5.75 Å². The molecule has 0 bridgehead atoms. The highest BCUT2D eigenvalue weighted by molar-refractivity contribution is 6.00. The van der Waals surface area contributed by atoms with Gasteiger partial charge >= 0.3 is 0 Å². The summed E-state index contributed by atoms with van der Waals surface area (Å²) in [6.45, 7) is 4.27. The summed E-state index contributed by atoms with van der Waals surface area (Å²) in [5, 5.41) is 1.90. The summed E-state index contributed by atoms with van der Waals surface area (Å²) >= 11 is 0. The molecule has 0 atom stereocenters. The van der Waals surface area contributed by atoms with Crippen molar-refractivity contribution in [3.05, 3.63) is 77.4 Å². The third kappa shape index (κ3) is 4.54. The minimum atomic E-state index is 0.538. The van der Waals surface area contributed by atoms with Crippen molar-refractivity contribution in [3.63, 3.8) is 0 Å². The highest BCUT2D eigenvalue weighted by Crippen LogP contribution is 2.27. The van der Waals surface area contributed by atoms with Crippen LogP contribution < -0.4 is 4.74 Å². The van der Waals surface area contributed by atoms with Crippen LogP contribution in [0.3, 0.4) is 0 Å². The van der Waals surface area contributed by atoms with Gasteiger partial charge < -0.3 is 4.74 Å². The number of fused-ring (bicyclic) bond motifs is 1. The lowest BCUT2D eigenvalue weighted by Crippen LogP contribution is -1.88. The maximum atomic E-state index is 10.8. The number of aldehydes is 2. The average molecular weight is 334 g/mol. The van der Waals surface area contributed by atoms with Crippen molar-refractivity contribution in [2.45, 2.75) is 19.8 Å². The van der Waals surface area contributed by atoms with Gasteiger partial charge in [-0.3, -0.25) is 9.59 Å². The second kappa shape index (κ2) is 8.78. The van der Waals surface area contributed by atoms with Crippen LogP contribution in [0.2, 0.25) is 0 Å². The first kappa shape index (κ1) is 18.4. The highest BCUT2D eigenvalue weighted by Gasteiger charge is 2.04. The number of hydrogen-bond acceptors (Lipinski definition) is 3. The van der Waals surface area contributed by atoms with Gasteiger partial charge in [0.1, 0.15) is 12.0 Å². The first-order valence-electron chi connectivity index (χ1n) is 8.16. The zero-order valence-electron chi connectivity index (χ0n) is 14.7. The predicted molar refractivity (Wildman–Crippen MR) is 102 cm³/mol. The molecule has 0 unspecified atom stereocenters. The van der Waals surface area contributed by atoms with Crippen molar-refractivity contribution in [1.29, 1.82) is 0 Å². The Morgan fingerprint density at radius 2 is 1.44 bits per heavy atom. The minimum absolute atomic E-state index is 0.538. The molecular formula is C22H22O3. The van der Waals surface area contributed by atoms with Crippen LogP contribution in [0.25, 0.3) is 10.8 Å². The fourth-order valence-electron chi connectivity index (χ4n) is 2.53. The van der Waals surface area contributed by atoms with Crippen molar-refractivity contribution in [3.8, 4) is 5.75 Å². The molecule has 0 fully saturated rings. The van der Waals surface area contributed by atoms with E-state index in [2.05, 4.69) is 13.8 Å². The largest absolute Gasteiger partial charge is 0.496 e. The Kier molecular flexibility index (Phi) is 6.47. The Bertz CT molecular complexity index is 849. The van der Waals surface area contributed by atoms with Gasteiger partial charge in [-0.25, -0.2) is 0 Å². The topological polar surface area (TPSA) is 43.4 Å². The van der Waals surface area contributed by atoms with Crippen LogP contribution >= 0.6 is 0 Å². The van der Waals surface area contributed by atoms with Crippen molar-refractivity contribution < 1.29 is 14.3 Å². The number of methoxy groups -OCH3 is 1. The van der Waals surface area contributed by atoms with Crippen molar-refractivity contribution in [2.75, 3.05) is 7.11 Å². The lowest BCUT2D eigenvalue weighted by Gasteiger charge is -2.06. The third-order valence-corrected chi connectivity index (χ3v) is 4.00. The van der Waals surface area contributed by atoms with Crippen LogP contribution in [0.4, 0.5) is 0 Å². The Morgan fingerprint density at radius 3 is 1.96 bits per heavy atom. The second-order valence-corrected chi connectivity index (χ2v) is 5.96. The maximum absolute atomic E-state index is 10.8. The molecule has 3 nitrogen and oxygen atoms in total. The molecule has 0 spiro atoms. The van der Waals surface area contributed by atoms with Crippen LogP contribution in [0.15, 0.2) is 60.7 Å². The van der Waals surface area contributed by atoms with Crippen molar-refractivity contribution >= 4 is 23.3 Å². The average Bonchev–Trinajstić information content (AvgIpc) is 2.67. The standard InChI is InChI=1S/C12H10O2.C10H12O/c1-14-12-7-6-9(8-13)10-4-2-3-5-11(10)12;1-8(2)10-5-3-9(7-11)4-6-10/h2-8H,1H3;3-8H,1-2H3. The summed E-state index contributed by atoms with van der Waals surface area (Å²) in [5.41, 5.74) is 2.71. The van der Waals surface area contributed by atoms with Gasteiger partial charge in [0.25, 0.3) is 0 Å². The van der Waals surface area contributed by atoms with E-state index in [0.29, 0.717) is 11.5 Å². The molecule has 0 amide bonds. The lowest BCUT2D eigenvalue weighted by molar-refractivity contribution is 0.111. The van der Waals surface area contributed by atoms with E-state index >= 15 is 0 Å².